The Balaban J connectivity index is 0.000000187. The molecular formula is C20H20ClF2NO2. The van der Waals surface area contributed by atoms with Crippen LogP contribution in [-0.2, 0) is 9.53 Å². The minimum atomic E-state index is -2.57. The summed E-state index contributed by atoms with van der Waals surface area (Å²) in [7, 11) is 0. The average molecular weight is 380 g/mol. The molecule has 0 saturated carbocycles. The zero-order valence-electron chi connectivity index (χ0n) is 14.2. The van der Waals surface area contributed by atoms with Crippen molar-refractivity contribution in [2.45, 2.75) is 12.5 Å². The highest BCUT2D eigenvalue weighted by molar-refractivity contribution is 6.30. The van der Waals surface area contributed by atoms with E-state index < -0.39 is 18.4 Å². The smallest absolute Gasteiger partial charge is 0.260 e. The molecule has 1 heterocycles. The quantitative estimate of drug-likeness (QED) is 0.725. The van der Waals surface area contributed by atoms with Crippen LogP contribution in [0.15, 0.2) is 67.3 Å². The summed E-state index contributed by atoms with van der Waals surface area (Å²) < 4.78 is 29.6. The number of rotatable bonds is 3. The van der Waals surface area contributed by atoms with Gasteiger partial charge in [-0.3, -0.25) is 4.79 Å². The fraction of sp³-hybridized carbons (Fsp3) is 0.250. The molecule has 1 aliphatic rings. The number of alkyl halides is 2. The third-order valence-corrected chi connectivity index (χ3v) is 4.08. The van der Waals surface area contributed by atoms with Crippen LogP contribution in [-0.4, -0.2) is 43.0 Å². The van der Waals surface area contributed by atoms with Crippen molar-refractivity contribution in [2.24, 2.45) is 0 Å². The number of hydrogen-bond acceptors (Lipinski definition) is 2. The summed E-state index contributed by atoms with van der Waals surface area (Å²) in [6.45, 7) is 3.67. The average Bonchev–Trinajstić information content (AvgIpc) is 2.68. The van der Waals surface area contributed by atoms with E-state index in [1.807, 2.05) is 36.4 Å². The molecule has 0 spiro atoms. The van der Waals surface area contributed by atoms with Crippen LogP contribution in [0.4, 0.5) is 8.78 Å². The third-order valence-electron chi connectivity index (χ3n) is 3.85. The molecule has 0 aromatic heterocycles. The van der Waals surface area contributed by atoms with Crippen LogP contribution in [0.5, 0.6) is 0 Å². The van der Waals surface area contributed by atoms with Gasteiger partial charge in [0.2, 0.25) is 5.91 Å². The summed E-state index contributed by atoms with van der Waals surface area (Å²) in [5.41, 5.74) is 2.36. The summed E-state index contributed by atoms with van der Waals surface area (Å²) >= 11 is 5.89. The van der Waals surface area contributed by atoms with E-state index in [9.17, 15) is 13.6 Å². The maximum absolute atomic E-state index is 12.4. The lowest BCUT2D eigenvalue weighted by Gasteiger charge is -2.34. The Labute approximate surface area is 156 Å². The molecule has 3 nitrogen and oxygen atoms in total. The van der Waals surface area contributed by atoms with Crippen LogP contribution >= 0.6 is 11.6 Å². The van der Waals surface area contributed by atoms with E-state index in [-0.39, 0.29) is 13.2 Å². The molecule has 0 radical (unpaired) electrons. The maximum Gasteiger partial charge on any atom is 0.260 e. The van der Waals surface area contributed by atoms with Gasteiger partial charge in [0.1, 0.15) is 6.04 Å². The highest BCUT2D eigenvalue weighted by atomic mass is 35.5. The molecule has 2 aromatic rings. The molecule has 3 rings (SSSR count). The summed E-state index contributed by atoms with van der Waals surface area (Å²) in [4.78, 5) is 12.2. The van der Waals surface area contributed by atoms with Crippen molar-refractivity contribution in [1.29, 1.82) is 0 Å². The molecular weight excluding hydrogens is 360 g/mol. The van der Waals surface area contributed by atoms with Crippen molar-refractivity contribution >= 4 is 17.5 Å². The lowest BCUT2D eigenvalue weighted by atomic mass is 10.1. The number of hydrogen-bond donors (Lipinski definition) is 0. The van der Waals surface area contributed by atoms with Crippen LogP contribution in [0.2, 0.25) is 5.02 Å². The molecule has 6 heteroatoms. The van der Waals surface area contributed by atoms with Crippen LogP contribution < -0.4 is 0 Å². The standard InChI is InChI=1S/C12H9Cl.C8H11F2NO2/c13-12-8-4-7-11(9-12)10-5-2-1-3-6-10;1-2-7(12)11-3-4-13-5-6(11)8(9)10/h1-9H;2,6,8H,1,3-5H2. The monoisotopic (exact) mass is 379 g/mol. The molecule has 0 N–H and O–H groups in total. The Kier molecular flexibility index (Phi) is 7.75. The van der Waals surface area contributed by atoms with Crippen molar-refractivity contribution in [3.05, 3.63) is 72.3 Å². The molecule has 138 valence electrons. The summed E-state index contributed by atoms with van der Waals surface area (Å²) in [5.74, 6) is -0.464. The normalized spacial score (nSPS) is 16.6. The van der Waals surface area contributed by atoms with Gasteiger partial charge in [-0.25, -0.2) is 8.78 Å². The van der Waals surface area contributed by atoms with Crippen LogP contribution in [0.25, 0.3) is 11.1 Å². The van der Waals surface area contributed by atoms with Crippen molar-refractivity contribution in [2.75, 3.05) is 19.8 Å². The van der Waals surface area contributed by atoms with Crippen molar-refractivity contribution in [3.8, 4) is 11.1 Å². The minimum absolute atomic E-state index is 0.1000. The van der Waals surface area contributed by atoms with Gasteiger partial charge in [0.05, 0.1) is 13.2 Å². The zero-order valence-corrected chi connectivity index (χ0v) is 14.9. The van der Waals surface area contributed by atoms with E-state index in [1.165, 1.54) is 5.56 Å². The first-order valence-corrected chi connectivity index (χ1v) is 8.50. The number of ether oxygens (including phenoxy) is 1. The molecule has 2 aromatic carbocycles. The van der Waals surface area contributed by atoms with Gasteiger partial charge in [-0.2, -0.15) is 0 Å². The second-order valence-electron chi connectivity index (χ2n) is 5.59. The second-order valence-corrected chi connectivity index (χ2v) is 6.03. The fourth-order valence-corrected chi connectivity index (χ4v) is 2.71. The molecule has 26 heavy (non-hydrogen) atoms. The molecule has 1 fully saturated rings. The zero-order chi connectivity index (χ0) is 18.9. The molecule has 0 aliphatic carbocycles. The van der Waals surface area contributed by atoms with E-state index in [1.54, 1.807) is 0 Å². The second kappa shape index (κ2) is 10.0. The van der Waals surface area contributed by atoms with Crippen LogP contribution in [0.3, 0.4) is 0 Å². The topological polar surface area (TPSA) is 29.5 Å². The SMILES string of the molecule is C=CC(=O)N1CCOCC1C(F)F.Clc1cccc(-c2ccccc2)c1. The molecule has 1 aliphatic heterocycles. The Hall–Kier alpha value is -2.24. The number of carbonyl (C=O) groups is 1. The van der Waals surface area contributed by atoms with Gasteiger partial charge < -0.3 is 9.64 Å². The van der Waals surface area contributed by atoms with Gasteiger partial charge in [0.15, 0.2) is 0 Å². The largest absolute Gasteiger partial charge is 0.377 e. The third kappa shape index (κ3) is 5.64. The number of halogens is 3. The Morgan fingerprint density at radius 3 is 2.50 bits per heavy atom. The minimum Gasteiger partial charge on any atom is -0.377 e. The van der Waals surface area contributed by atoms with E-state index in [0.29, 0.717) is 6.61 Å². The van der Waals surface area contributed by atoms with E-state index >= 15 is 0 Å². The number of morpholine rings is 1. The highest BCUT2D eigenvalue weighted by Crippen LogP contribution is 2.21. The number of amides is 1. The van der Waals surface area contributed by atoms with Crippen molar-refractivity contribution in [1.82, 2.24) is 4.90 Å². The molecule has 1 amide bonds. The highest BCUT2D eigenvalue weighted by Gasteiger charge is 2.32. The van der Waals surface area contributed by atoms with E-state index in [4.69, 9.17) is 16.3 Å². The Bertz CT molecular complexity index is 725. The number of nitrogens with zero attached hydrogens (tertiary/aromatic N) is 1. The predicted molar refractivity (Wildman–Crippen MR) is 99.4 cm³/mol. The molecule has 1 atom stereocenters. The Morgan fingerprint density at radius 2 is 1.88 bits per heavy atom. The van der Waals surface area contributed by atoms with Gasteiger partial charge in [-0.15, -0.1) is 0 Å². The molecule has 0 bridgehead atoms. The first kappa shape index (κ1) is 20.1. The van der Waals surface area contributed by atoms with Gasteiger partial charge in [-0.1, -0.05) is 60.6 Å². The summed E-state index contributed by atoms with van der Waals surface area (Å²) in [6, 6.07) is 17.0. The van der Waals surface area contributed by atoms with Crippen molar-refractivity contribution in [3.63, 3.8) is 0 Å². The summed E-state index contributed by atoms with van der Waals surface area (Å²) in [5, 5.41) is 0.779. The van der Waals surface area contributed by atoms with Gasteiger partial charge >= 0.3 is 0 Å². The van der Waals surface area contributed by atoms with Gasteiger partial charge in [0, 0.05) is 11.6 Å². The van der Waals surface area contributed by atoms with E-state index in [0.717, 1.165) is 21.6 Å². The first-order valence-electron chi connectivity index (χ1n) is 8.13. The molecule has 1 unspecified atom stereocenters. The predicted octanol–water partition coefficient (Wildman–Crippen LogP) is 4.67. The van der Waals surface area contributed by atoms with Crippen LogP contribution in [0.1, 0.15) is 0 Å². The maximum atomic E-state index is 12.4. The lowest BCUT2D eigenvalue weighted by molar-refractivity contribution is -0.141. The number of benzene rings is 2. The lowest BCUT2D eigenvalue weighted by Crippen LogP contribution is -2.51. The fourth-order valence-electron chi connectivity index (χ4n) is 2.52. The number of carbonyl (C=O) groups excluding carboxylic acids is 1. The van der Waals surface area contributed by atoms with Crippen molar-refractivity contribution < 1.29 is 18.3 Å². The van der Waals surface area contributed by atoms with E-state index in [2.05, 4.69) is 24.8 Å². The van der Waals surface area contributed by atoms with Crippen LogP contribution in [0, 0.1) is 0 Å². The Morgan fingerprint density at radius 1 is 1.19 bits per heavy atom. The summed E-state index contributed by atoms with van der Waals surface area (Å²) in [6.07, 6.45) is -1.52. The first-order chi connectivity index (χ1) is 12.5. The molecule has 1 saturated heterocycles. The van der Waals surface area contributed by atoms with Gasteiger partial charge in [-0.05, 0) is 29.3 Å². The van der Waals surface area contributed by atoms with Gasteiger partial charge in [0.25, 0.3) is 6.43 Å².